The van der Waals surface area contributed by atoms with E-state index in [2.05, 4.69) is 15.2 Å². The molecule has 0 N–H and O–H groups in total. The minimum atomic E-state index is -0.446. The molecule has 0 saturated carbocycles. The molecule has 10 nitrogen and oxygen atoms in total. The first kappa shape index (κ1) is 22.1. The van der Waals surface area contributed by atoms with Crippen LogP contribution in [0.3, 0.4) is 0 Å². The summed E-state index contributed by atoms with van der Waals surface area (Å²) in [6.07, 6.45) is 0. The lowest BCUT2D eigenvalue weighted by Crippen LogP contribution is -2.37. The molecule has 0 aliphatic rings. The van der Waals surface area contributed by atoms with Gasteiger partial charge in [0, 0.05) is 32.7 Å². The van der Waals surface area contributed by atoms with Crippen LogP contribution in [-0.2, 0) is 20.6 Å². The Labute approximate surface area is 192 Å². The van der Waals surface area contributed by atoms with Crippen LogP contribution in [0.1, 0.15) is 19.7 Å². The van der Waals surface area contributed by atoms with Crippen molar-refractivity contribution in [3.8, 4) is 11.5 Å². The molecule has 0 spiro atoms. The van der Waals surface area contributed by atoms with E-state index in [1.165, 1.54) is 11.6 Å². The van der Waals surface area contributed by atoms with Gasteiger partial charge in [0.15, 0.2) is 11.2 Å². The van der Waals surface area contributed by atoms with Gasteiger partial charge in [0.25, 0.3) is 5.56 Å². The average Bonchev–Trinajstić information content (AvgIpc) is 3.39. The number of halogens is 2. The van der Waals surface area contributed by atoms with Gasteiger partial charge < -0.3 is 9.32 Å². The molecule has 32 heavy (non-hydrogen) atoms. The second-order valence-corrected chi connectivity index (χ2v) is 7.99. The highest BCUT2D eigenvalue weighted by Gasteiger charge is 2.23. The van der Waals surface area contributed by atoms with E-state index in [0.717, 1.165) is 4.57 Å². The summed E-state index contributed by atoms with van der Waals surface area (Å²) in [6, 6.07) is 5.01. The zero-order chi connectivity index (χ0) is 23.2. The van der Waals surface area contributed by atoms with Crippen LogP contribution >= 0.6 is 23.2 Å². The fraction of sp³-hybridized carbons (Fsp3) is 0.350. The lowest BCUT2D eigenvalue weighted by molar-refractivity contribution is 0.490. The third kappa shape index (κ3) is 3.59. The maximum absolute atomic E-state index is 13.0. The predicted molar refractivity (Wildman–Crippen MR) is 123 cm³/mol. The van der Waals surface area contributed by atoms with Crippen LogP contribution < -0.4 is 16.1 Å². The number of fused-ring (bicyclic) bond motifs is 1. The van der Waals surface area contributed by atoms with E-state index in [4.69, 9.17) is 27.6 Å². The average molecular weight is 478 g/mol. The van der Waals surface area contributed by atoms with Gasteiger partial charge in [-0.1, -0.05) is 23.2 Å². The molecule has 4 aromatic rings. The minimum Gasteiger partial charge on any atom is -0.419 e. The molecule has 3 aromatic heterocycles. The number of hydrogen-bond acceptors (Lipinski definition) is 7. The lowest BCUT2D eigenvalue weighted by atomic mass is 10.2. The minimum absolute atomic E-state index is 0.101. The van der Waals surface area contributed by atoms with Gasteiger partial charge in [0.1, 0.15) is 6.54 Å². The van der Waals surface area contributed by atoms with E-state index in [9.17, 15) is 9.59 Å². The van der Waals surface area contributed by atoms with Gasteiger partial charge in [0.05, 0.1) is 10.0 Å². The third-order valence-electron chi connectivity index (χ3n) is 5.30. The molecule has 0 fully saturated rings. The van der Waals surface area contributed by atoms with Crippen LogP contribution in [0.15, 0.2) is 32.2 Å². The summed E-state index contributed by atoms with van der Waals surface area (Å²) in [5.41, 5.74) is 0.307. The number of aromatic nitrogens is 6. The molecule has 168 valence electrons. The Morgan fingerprint density at radius 2 is 1.75 bits per heavy atom. The van der Waals surface area contributed by atoms with E-state index < -0.39 is 11.2 Å². The van der Waals surface area contributed by atoms with E-state index in [1.807, 2.05) is 18.7 Å². The van der Waals surface area contributed by atoms with Crippen LogP contribution in [0, 0.1) is 0 Å². The van der Waals surface area contributed by atoms with Crippen molar-refractivity contribution in [2.75, 3.05) is 18.0 Å². The van der Waals surface area contributed by atoms with Crippen molar-refractivity contribution in [3.63, 3.8) is 0 Å². The molecule has 0 unspecified atom stereocenters. The molecule has 0 atom stereocenters. The summed E-state index contributed by atoms with van der Waals surface area (Å²) in [4.78, 5) is 32.0. The number of anilines is 1. The zero-order valence-electron chi connectivity index (χ0n) is 18.0. The molecule has 3 heterocycles. The number of hydrogen-bond donors (Lipinski definition) is 0. The van der Waals surface area contributed by atoms with Crippen molar-refractivity contribution >= 4 is 40.3 Å². The molecule has 1 aromatic carbocycles. The maximum atomic E-state index is 13.0. The van der Waals surface area contributed by atoms with Gasteiger partial charge in [-0.05, 0) is 32.0 Å². The summed E-state index contributed by atoms with van der Waals surface area (Å²) < 4.78 is 9.96. The number of imidazole rings is 1. The van der Waals surface area contributed by atoms with Crippen LogP contribution in [0.4, 0.5) is 5.95 Å². The van der Waals surface area contributed by atoms with Gasteiger partial charge in [-0.25, -0.2) is 4.79 Å². The molecule has 4 rings (SSSR count). The molecule has 0 bridgehead atoms. The molecule has 0 aliphatic carbocycles. The highest BCUT2D eigenvalue weighted by atomic mass is 35.5. The van der Waals surface area contributed by atoms with Crippen LogP contribution in [0.25, 0.3) is 22.6 Å². The smallest absolute Gasteiger partial charge is 0.332 e. The molecule has 0 aliphatic heterocycles. The largest absolute Gasteiger partial charge is 0.419 e. The van der Waals surface area contributed by atoms with Crippen molar-refractivity contribution in [3.05, 3.63) is 55.0 Å². The van der Waals surface area contributed by atoms with Crippen LogP contribution in [0.2, 0.25) is 10.0 Å². The van der Waals surface area contributed by atoms with E-state index >= 15 is 0 Å². The molecular formula is C20H21Cl2N7O3. The predicted octanol–water partition coefficient (Wildman–Crippen LogP) is 2.69. The highest BCUT2D eigenvalue weighted by Crippen LogP contribution is 2.28. The Morgan fingerprint density at radius 3 is 2.41 bits per heavy atom. The van der Waals surface area contributed by atoms with Crippen LogP contribution in [-0.4, -0.2) is 42.0 Å². The lowest BCUT2D eigenvalue weighted by Gasteiger charge is -2.20. The number of nitrogens with zero attached hydrogens (tertiary/aromatic N) is 7. The van der Waals surface area contributed by atoms with Gasteiger partial charge in [0.2, 0.25) is 17.7 Å². The Balaban J connectivity index is 1.86. The Morgan fingerprint density at radius 1 is 1.03 bits per heavy atom. The normalized spacial score (nSPS) is 11.4. The number of aryl methyl sites for hydroxylation is 1. The first-order valence-electron chi connectivity index (χ1n) is 9.95. The molecule has 0 saturated heterocycles. The summed E-state index contributed by atoms with van der Waals surface area (Å²) in [5.74, 6) is 1.08. The van der Waals surface area contributed by atoms with Crippen molar-refractivity contribution in [1.82, 2.24) is 28.9 Å². The fourth-order valence-corrected chi connectivity index (χ4v) is 3.83. The van der Waals surface area contributed by atoms with Crippen molar-refractivity contribution in [1.29, 1.82) is 0 Å². The maximum Gasteiger partial charge on any atom is 0.332 e. The van der Waals surface area contributed by atoms with Gasteiger partial charge >= 0.3 is 5.69 Å². The Kier molecular flexibility index (Phi) is 5.83. The SMILES string of the molecule is CCN(CC)c1nc2c(c(=O)n(C)c(=O)n2C)n1Cc1nnc(-c2ccc(Cl)c(Cl)c2)o1. The first-order valence-corrected chi connectivity index (χ1v) is 10.7. The summed E-state index contributed by atoms with van der Waals surface area (Å²) >= 11 is 12.1. The van der Waals surface area contributed by atoms with E-state index in [0.29, 0.717) is 40.3 Å². The third-order valence-corrected chi connectivity index (χ3v) is 6.04. The quantitative estimate of drug-likeness (QED) is 0.420. The fourth-order valence-electron chi connectivity index (χ4n) is 3.53. The van der Waals surface area contributed by atoms with Crippen LogP contribution in [0.5, 0.6) is 0 Å². The summed E-state index contributed by atoms with van der Waals surface area (Å²) in [5, 5.41) is 9.03. The second kappa shape index (κ2) is 8.44. The summed E-state index contributed by atoms with van der Waals surface area (Å²) in [6.45, 7) is 5.39. The Bertz CT molecular complexity index is 1430. The van der Waals surface area contributed by atoms with E-state index in [-0.39, 0.29) is 23.8 Å². The van der Waals surface area contributed by atoms with Gasteiger partial charge in [-0.3, -0.25) is 18.5 Å². The highest BCUT2D eigenvalue weighted by molar-refractivity contribution is 6.42. The van der Waals surface area contributed by atoms with Crippen molar-refractivity contribution in [2.45, 2.75) is 20.4 Å². The Hall–Kier alpha value is -3.11. The van der Waals surface area contributed by atoms with E-state index in [1.54, 1.807) is 29.8 Å². The number of benzene rings is 1. The molecule has 0 radical (unpaired) electrons. The second-order valence-electron chi connectivity index (χ2n) is 7.18. The van der Waals surface area contributed by atoms with Gasteiger partial charge in [-0.15, -0.1) is 10.2 Å². The summed E-state index contributed by atoms with van der Waals surface area (Å²) in [7, 11) is 3.02. The standard InChI is InChI=1S/C20H21Cl2N7O3/c1-5-28(6-2)19-23-16-15(18(30)27(4)20(31)26(16)3)29(19)10-14-24-25-17(32-14)11-7-8-12(21)13(22)9-11/h7-9H,5-6,10H2,1-4H3. The molecular weight excluding hydrogens is 457 g/mol. The monoisotopic (exact) mass is 477 g/mol. The topological polar surface area (TPSA) is 104 Å². The first-order chi connectivity index (χ1) is 15.3. The number of rotatable bonds is 6. The van der Waals surface area contributed by atoms with Gasteiger partial charge in [-0.2, -0.15) is 4.98 Å². The molecule has 0 amide bonds. The molecule has 12 heteroatoms. The van der Waals surface area contributed by atoms with Crippen molar-refractivity contribution < 1.29 is 4.42 Å². The zero-order valence-corrected chi connectivity index (χ0v) is 19.5. The van der Waals surface area contributed by atoms with Crippen molar-refractivity contribution in [2.24, 2.45) is 14.1 Å².